The van der Waals surface area contributed by atoms with Crippen LogP contribution in [-0.2, 0) is 13.2 Å². The molecule has 2 amide bonds. The van der Waals surface area contributed by atoms with E-state index in [1.807, 2.05) is 0 Å². The lowest BCUT2D eigenvalue weighted by molar-refractivity contribution is 0.258. The van der Waals surface area contributed by atoms with Crippen molar-refractivity contribution in [2.45, 2.75) is 13.2 Å². The minimum Gasteiger partial charge on any atom is -0.497 e. The fourth-order valence-corrected chi connectivity index (χ4v) is 2.37. The Bertz CT molecular complexity index is 970. The summed E-state index contributed by atoms with van der Waals surface area (Å²) in [5.74, 6) is 1.27. The minimum absolute atomic E-state index is 0.249. The second-order valence-corrected chi connectivity index (χ2v) is 5.91. The number of amides is 2. The van der Waals surface area contributed by atoms with Crippen LogP contribution >= 0.6 is 0 Å². The molecule has 0 bridgehead atoms. The Labute approximate surface area is 167 Å². The van der Waals surface area contributed by atoms with Gasteiger partial charge in [0.25, 0.3) is 0 Å². The first kappa shape index (κ1) is 20.0. The second kappa shape index (κ2) is 9.95. The Morgan fingerprint density at radius 1 is 1.21 bits per heavy atom. The van der Waals surface area contributed by atoms with E-state index in [2.05, 4.69) is 25.9 Å². The molecule has 2 aromatic carbocycles. The normalized spacial score (nSPS) is 10.8. The summed E-state index contributed by atoms with van der Waals surface area (Å²) in [5, 5.41) is 18.2. The summed E-state index contributed by atoms with van der Waals surface area (Å²) in [6.07, 6.45) is 1.78. The van der Waals surface area contributed by atoms with Gasteiger partial charge in [0.2, 0.25) is 0 Å². The zero-order chi connectivity index (χ0) is 20.5. The number of hydrogen-bond donors (Lipinski definition) is 2. The molecule has 0 aliphatic rings. The fourth-order valence-electron chi connectivity index (χ4n) is 2.37. The van der Waals surface area contributed by atoms with Crippen molar-refractivity contribution in [1.82, 2.24) is 15.0 Å². The van der Waals surface area contributed by atoms with Crippen LogP contribution in [-0.4, -0.2) is 34.7 Å². The maximum absolute atomic E-state index is 12.0. The lowest BCUT2D eigenvalue weighted by Gasteiger charge is -2.06. The van der Waals surface area contributed by atoms with Crippen LogP contribution in [0.15, 0.2) is 65.0 Å². The van der Waals surface area contributed by atoms with Crippen LogP contribution in [0.4, 0.5) is 16.2 Å². The number of carbonyl (C=O) groups excluding carboxylic acids is 1. The van der Waals surface area contributed by atoms with Gasteiger partial charge >= 0.3 is 6.03 Å². The van der Waals surface area contributed by atoms with Crippen LogP contribution < -0.4 is 20.5 Å². The van der Waals surface area contributed by atoms with E-state index in [1.165, 1.54) is 0 Å². The molecule has 3 aromatic rings. The molecule has 1 aromatic heterocycles. The van der Waals surface area contributed by atoms with Gasteiger partial charge in [-0.15, -0.1) is 10.2 Å². The van der Waals surface area contributed by atoms with Crippen LogP contribution in [0, 0.1) is 0 Å². The average Bonchev–Trinajstić information content (AvgIpc) is 3.19. The van der Waals surface area contributed by atoms with E-state index in [1.54, 1.807) is 66.5 Å². The van der Waals surface area contributed by atoms with Crippen molar-refractivity contribution in [2.75, 3.05) is 19.0 Å². The number of urea groups is 1. The predicted octanol–water partition coefficient (Wildman–Crippen LogP) is 3.14. The third kappa shape index (κ3) is 6.11. The van der Waals surface area contributed by atoms with E-state index in [0.29, 0.717) is 41.7 Å². The van der Waals surface area contributed by atoms with Gasteiger partial charge in [0, 0.05) is 18.3 Å². The third-order valence-electron chi connectivity index (χ3n) is 3.75. The highest BCUT2D eigenvalue weighted by atomic mass is 16.5. The molecule has 0 aliphatic heterocycles. The summed E-state index contributed by atoms with van der Waals surface area (Å²) in [4.78, 5) is 12.0. The topological polar surface area (TPSA) is 129 Å². The SMILES string of the molecule is COc1ccc(N=NC(=O)Nc2cccc(OCc3cn(CCN)nn3)c2)cc1. The first-order valence-corrected chi connectivity index (χ1v) is 8.85. The first-order chi connectivity index (χ1) is 14.2. The van der Waals surface area contributed by atoms with E-state index in [4.69, 9.17) is 15.2 Å². The molecule has 0 spiro atoms. The predicted molar refractivity (Wildman–Crippen MR) is 106 cm³/mol. The smallest absolute Gasteiger partial charge is 0.364 e. The van der Waals surface area contributed by atoms with E-state index in [-0.39, 0.29) is 6.61 Å². The van der Waals surface area contributed by atoms with Crippen molar-refractivity contribution < 1.29 is 14.3 Å². The molecule has 0 aliphatic carbocycles. The number of anilines is 1. The minimum atomic E-state index is -0.595. The fraction of sp³-hybridized carbons (Fsp3) is 0.211. The summed E-state index contributed by atoms with van der Waals surface area (Å²) in [7, 11) is 1.58. The largest absolute Gasteiger partial charge is 0.497 e. The molecule has 0 unspecified atom stereocenters. The molecule has 150 valence electrons. The van der Waals surface area contributed by atoms with Gasteiger partial charge in [-0.1, -0.05) is 16.4 Å². The number of azo groups is 1. The highest BCUT2D eigenvalue weighted by Crippen LogP contribution is 2.20. The van der Waals surface area contributed by atoms with Crippen molar-refractivity contribution >= 4 is 17.4 Å². The zero-order valence-electron chi connectivity index (χ0n) is 15.9. The quantitative estimate of drug-likeness (QED) is 0.564. The molecular weight excluding hydrogens is 374 g/mol. The number of methoxy groups -OCH3 is 1. The molecule has 29 heavy (non-hydrogen) atoms. The first-order valence-electron chi connectivity index (χ1n) is 8.85. The van der Waals surface area contributed by atoms with Gasteiger partial charge < -0.3 is 20.5 Å². The number of benzene rings is 2. The van der Waals surface area contributed by atoms with Gasteiger partial charge in [-0.3, -0.25) is 4.68 Å². The van der Waals surface area contributed by atoms with E-state index in [9.17, 15) is 4.79 Å². The Kier molecular flexibility index (Phi) is 6.85. The Hall–Kier alpha value is -3.79. The molecule has 10 nitrogen and oxygen atoms in total. The van der Waals surface area contributed by atoms with E-state index >= 15 is 0 Å². The van der Waals surface area contributed by atoms with Gasteiger partial charge in [0.05, 0.1) is 25.5 Å². The summed E-state index contributed by atoms with van der Waals surface area (Å²) in [6.45, 7) is 1.33. The summed E-state index contributed by atoms with van der Waals surface area (Å²) in [6, 6.07) is 13.2. The Morgan fingerprint density at radius 2 is 2.03 bits per heavy atom. The highest BCUT2D eigenvalue weighted by Gasteiger charge is 2.05. The molecule has 0 saturated heterocycles. The van der Waals surface area contributed by atoms with Gasteiger partial charge in [-0.05, 0) is 36.4 Å². The van der Waals surface area contributed by atoms with Crippen molar-refractivity contribution in [3.05, 3.63) is 60.4 Å². The maximum Gasteiger partial charge on any atom is 0.364 e. The van der Waals surface area contributed by atoms with Gasteiger partial charge in [-0.25, -0.2) is 4.79 Å². The molecule has 3 rings (SSSR count). The molecular formula is C19H21N7O3. The van der Waals surface area contributed by atoms with Crippen molar-refractivity contribution in [2.24, 2.45) is 16.0 Å². The molecule has 1 heterocycles. The van der Waals surface area contributed by atoms with Crippen LogP contribution in [0.25, 0.3) is 0 Å². The van der Waals surface area contributed by atoms with Crippen LogP contribution in [0.1, 0.15) is 5.69 Å². The lowest BCUT2D eigenvalue weighted by Crippen LogP contribution is -2.10. The molecule has 0 radical (unpaired) electrons. The van der Waals surface area contributed by atoms with E-state index < -0.39 is 6.03 Å². The van der Waals surface area contributed by atoms with Crippen molar-refractivity contribution in [1.29, 1.82) is 0 Å². The summed E-state index contributed by atoms with van der Waals surface area (Å²) in [5.41, 5.74) is 7.24. The second-order valence-electron chi connectivity index (χ2n) is 5.91. The van der Waals surface area contributed by atoms with Crippen molar-refractivity contribution in [3.63, 3.8) is 0 Å². The molecule has 0 atom stereocenters. The van der Waals surface area contributed by atoms with Crippen molar-refractivity contribution in [3.8, 4) is 11.5 Å². The number of aromatic nitrogens is 3. The standard InChI is InChI=1S/C19H21N7O3/c1-28-17-7-5-14(6-8-17)22-24-19(27)21-15-3-2-4-18(11-15)29-13-16-12-26(10-9-20)25-23-16/h2-8,11-12H,9-10,13,20H2,1H3,(H,21,27). The monoisotopic (exact) mass is 395 g/mol. The maximum atomic E-state index is 12.0. The number of nitrogens with one attached hydrogen (secondary N) is 1. The number of carbonyl (C=O) groups is 1. The number of nitrogens with zero attached hydrogens (tertiary/aromatic N) is 5. The lowest BCUT2D eigenvalue weighted by atomic mass is 10.3. The van der Waals surface area contributed by atoms with E-state index in [0.717, 1.165) is 0 Å². The Morgan fingerprint density at radius 3 is 2.79 bits per heavy atom. The average molecular weight is 395 g/mol. The van der Waals surface area contributed by atoms with Gasteiger partial charge in [-0.2, -0.15) is 0 Å². The number of ether oxygens (including phenoxy) is 2. The van der Waals surface area contributed by atoms with Crippen LogP contribution in [0.3, 0.4) is 0 Å². The molecule has 3 N–H and O–H groups in total. The highest BCUT2D eigenvalue weighted by molar-refractivity contribution is 5.89. The summed E-state index contributed by atoms with van der Waals surface area (Å²) >= 11 is 0. The van der Waals surface area contributed by atoms with Gasteiger partial charge in [0.1, 0.15) is 23.8 Å². The van der Waals surface area contributed by atoms with Crippen LogP contribution in [0.5, 0.6) is 11.5 Å². The molecule has 0 fully saturated rings. The number of nitrogens with two attached hydrogens (primary N) is 1. The number of hydrogen-bond acceptors (Lipinski definition) is 7. The Balaban J connectivity index is 1.54. The van der Waals surface area contributed by atoms with Gasteiger partial charge in [0.15, 0.2) is 0 Å². The molecule has 10 heteroatoms. The third-order valence-corrected chi connectivity index (χ3v) is 3.75. The summed E-state index contributed by atoms with van der Waals surface area (Å²) < 4.78 is 12.4. The molecule has 0 saturated carbocycles. The van der Waals surface area contributed by atoms with Crippen LogP contribution in [0.2, 0.25) is 0 Å². The number of rotatable bonds is 8. The zero-order valence-corrected chi connectivity index (χ0v) is 15.9.